The van der Waals surface area contributed by atoms with E-state index in [1.807, 2.05) is 0 Å². The van der Waals surface area contributed by atoms with Crippen molar-refractivity contribution in [2.24, 2.45) is 5.92 Å². The molecule has 0 aromatic rings. The number of ether oxygens (including phenoxy) is 1. The van der Waals surface area contributed by atoms with Gasteiger partial charge in [0.2, 0.25) is 0 Å². The molecule has 0 aromatic carbocycles. The highest BCUT2D eigenvalue weighted by atomic mass is 16.5. The van der Waals surface area contributed by atoms with Gasteiger partial charge in [-0.2, -0.15) is 0 Å². The quantitative estimate of drug-likeness (QED) is 0.489. The molecule has 78 valence electrons. The smallest absolute Gasteiger partial charge is 0.311 e. The number of carbonyl (C=O) groups excluding carboxylic acids is 1. The minimum Gasteiger partial charge on any atom is -0.466 e. The standard InChI is InChI=1S/C10H20O3/c1-3-5-6-7-9(8-11)10(12)13-4-2/h9,11H,3-8H2,1-2H3. The van der Waals surface area contributed by atoms with Crippen LogP contribution in [0, 0.1) is 5.92 Å². The van der Waals surface area contributed by atoms with E-state index in [9.17, 15) is 4.79 Å². The Morgan fingerprint density at radius 3 is 2.54 bits per heavy atom. The number of unbranched alkanes of at least 4 members (excludes halogenated alkanes) is 2. The molecule has 0 fully saturated rings. The van der Waals surface area contributed by atoms with Gasteiger partial charge in [0.1, 0.15) is 0 Å². The first-order valence-electron chi connectivity index (χ1n) is 5.03. The summed E-state index contributed by atoms with van der Waals surface area (Å²) in [6, 6.07) is 0. The molecule has 1 unspecified atom stereocenters. The topological polar surface area (TPSA) is 46.5 Å². The molecule has 0 aliphatic rings. The molecule has 13 heavy (non-hydrogen) atoms. The van der Waals surface area contributed by atoms with Crippen LogP contribution >= 0.6 is 0 Å². The van der Waals surface area contributed by atoms with Gasteiger partial charge >= 0.3 is 5.97 Å². The van der Waals surface area contributed by atoms with Crippen LogP contribution in [-0.4, -0.2) is 24.3 Å². The van der Waals surface area contributed by atoms with E-state index in [2.05, 4.69) is 6.92 Å². The minimum absolute atomic E-state index is 0.0947. The Balaban J connectivity index is 3.67. The van der Waals surface area contributed by atoms with E-state index in [0.717, 1.165) is 25.7 Å². The molecule has 0 aliphatic heterocycles. The second kappa shape index (κ2) is 8.05. The molecule has 0 saturated heterocycles. The Hall–Kier alpha value is -0.570. The van der Waals surface area contributed by atoms with Crippen molar-refractivity contribution in [2.75, 3.05) is 13.2 Å². The number of rotatable bonds is 7. The van der Waals surface area contributed by atoms with Crippen molar-refractivity contribution in [3.8, 4) is 0 Å². The molecule has 0 aliphatic carbocycles. The van der Waals surface area contributed by atoms with E-state index in [1.54, 1.807) is 6.92 Å². The summed E-state index contributed by atoms with van der Waals surface area (Å²) in [7, 11) is 0. The Morgan fingerprint density at radius 1 is 1.38 bits per heavy atom. The van der Waals surface area contributed by atoms with Gasteiger partial charge in [-0.15, -0.1) is 0 Å². The van der Waals surface area contributed by atoms with Crippen LogP contribution in [-0.2, 0) is 9.53 Å². The third kappa shape index (κ3) is 5.64. The van der Waals surface area contributed by atoms with Crippen LogP contribution < -0.4 is 0 Å². The molecule has 0 amide bonds. The van der Waals surface area contributed by atoms with Crippen molar-refractivity contribution in [3.63, 3.8) is 0 Å². The predicted molar refractivity (Wildman–Crippen MR) is 51.4 cm³/mol. The zero-order valence-electron chi connectivity index (χ0n) is 8.58. The van der Waals surface area contributed by atoms with Crippen molar-refractivity contribution < 1.29 is 14.6 Å². The second-order valence-electron chi connectivity index (χ2n) is 3.13. The molecule has 3 nitrogen and oxygen atoms in total. The lowest BCUT2D eigenvalue weighted by atomic mass is 10.0. The maximum absolute atomic E-state index is 11.2. The van der Waals surface area contributed by atoms with Gasteiger partial charge in [-0.25, -0.2) is 0 Å². The van der Waals surface area contributed by atoms with E-state index in [0.29, 0.717) is 6.61 Å². The Kier molecular flexibility index (Phi) is 7.69. The SMILES string of the molecule is CCCCCC(CO)C(=O)OCC. The molecular formula is C10H20O3. The maximum atomic E-state index is 11.2. The van der Waals surface area contributed by atoms with E-state index in [-0.39, 0.29) is 18.5 Å². The fourth-order valence-corrected chi connectivity index (χ4v) is 1.18. The first-order chi connectivity index (χ1) is 6.26. The molecule has 0 rings (SSSR count). The van der Waals surface area contributed by atoms with Crippen molar-refractivity contribution in [1.29, 1.82) is 0 Å². The lowest BCUT2D eigenvalue weighted by Gasteiger charge is -2.11. The van der Waals surface area contributed by atoms with Crippen LogP contribution in [0.5, 0.6) is 0 Å². The molecule has 3 heteroatoms. The maximum Gasteiger partial charge on any atom is 0.311 e. The summed E-state index contributed by atoms with van der Waals surface area (Å²) in [5, 5.41) is 8.92. The molecule has 0 bridgehead atoms. The Bertz CT molecular complexity index is 134. The summed E-state index contributed by atoms with van der Waals surface area (Å²) in [6.45, 7) is 4.18. The van der Waals surface area contributed by atoms with Crippen LogP contribution in [0.4, 0.5) is 0 Å². The lowest BCUT2D eigenvalue weighted by Crippen LogP contribution is -2.21. The van der Waals surface area contributed by atoms with Gasteiger partial charge in [0.05, 0.1) is 19.1 Å². The van der Waals surface area contributed by atoms with Gasteiger partial charge in [0.25, 0.3) is 0 Å². The largest absolute Gasteiger partial charge is 0.466 e. The Morgan fingerprint density at radius 2 is 2.08 bits per heavy atom. The highest BCUT2D eigenvalue weighted by Gasteiger charge is 2.17. The average molecular weight is 188 g/mol. The number of carbonyl (C=O) groups is 1. The van der Waals surface area contributed by atoms with Crippen LogP contribution in [0.2, 0.25) is 0 Å². The molecule has 1 atom stereocenters. The third-order valence-electron chi connectivity index (χ3n) is 2.00. The van der Waals surface area contributed by atoms with Gasteiger partial charge in [-0.05, 0) is 13.3 Å². The van der Waals surface area contributed by atoms with Crippen molar-refractivity contribution in [1.82, 2.24) is 0 Å². The normalized spacial score (nSPS) is 12.5. The number of hydrogen-bond donors (Lipinski definition) is 1. The number of aliphatic hydroxyl groups is 1. The molecule has 0 spiro atoms. The van der Waals surface area contributed by atoms with Gasteiger partial charge in [0, 0.05) is 0 Å². The van der Waals surface area contributed by atoms with E-state index in [1.165, 1.54) is 0 Å². The molecule has 1 N–H and O–H groups in total. The predicted octanol–water partition coefficient (Wildman–Crippen LogP) is 1.74. The first-order valence-corrected chi connectivity index (χ1v) is 5.03. The van der Waals surface area contributed by atoms with Gasteiger partial charge in [-0.3, -0.25) is 4.79 Å². The van der Waals surface area contributed by atoms with Crippen molar-refractivity contribution in [3.05, 3.63) is 0 Å². The number of aliphatic hydroxyl groups excluding tert-OH is 1. The van der Waals surface area contributed by atoms with Crippen LogP contribution in [0.15, 0.2) is 0 Å². The minimum atomic E-state index is -0.313. The highest BCUT2D eigenvalue weighted by Crippen LogP contribution is 2.11. The average Bonchev–Trinajstić information content (AvgIpc) is 2.13. The summed E-state index contributed by atoms with van der Waals surface area (Å²) in [4.78, 5) is 11.2. The zero-order valence-corrected chi connectivity index (χ0v) is 8.58. The van der Waals surface area contributed by atoms with Gasteiger partial charge < -0.3 is 9.84 Å². The summed E-state index contributed by atoms with van der Waals surface area (Å²) >= 11 is 0. The number of esters is 1. The molecule has 0 saturated carbocycles. The lowest BCUT2D eigenvalue weighted by molar-refractivity contribution is -0.149. The second-order valence-corrected chi connectivity index (χ2v) is 3.13. The Labute approximate surface area is 80.1 Å². The van der Waals surface area contributed by atoms with Crippen molar-refractivity contribution >= 4 is 5.97 Å². The monoisotopic (exact) mass is 188 g/mol. The van der Waals surface area contributed by atoms with Gasteiger partial charge in [-0.1, -0.05) is 26.2 Å². The molecule has 0 heterocycles. The van der Waals surface area contributed by atoms with Crippen LogP contribution in [0.1, 0.15) is 39.5 Å². The first kappa shape index (κ1) is 12.4. The molecular weight excluding hydrogens is 168 g/mol. The molecule has 0 aromatic heterocycles. The van der Waals surface area contributed by atoms with E-state index in [4.69, 9.17) is 9.84 Å². The summed E-state index contributed by atoms with van der Waals surface area (Å²) in [6.07, 6.45) is 3.96. The van der Waals surface area contributed by atoms with Crippen LogP contribution in [0.25, 0.3) is 0 Å². The van der Waals surface area contributed by atoms with Gasteiger partial charge in [0.15, 0.2) is 0 Å². The third-order valence-corrected chi connectivity index (χ3v) is 2.00. The van der Waals surface area contributed by atoms with E-state index < -0.39 is 0 Å². The van der Waals surface area contributed by atoms with Crippen LogP contribution in [0.3, 0.4) is 0 Å². The summed E-state index contributed by atoms with van der Waals surface area (Å²) < 4.78 is 4.83. The summed E-state index contributed by atoms with van der Waals surface area (Å²) in [5.74, 6) is -0.576. The highest BCUT2D eigenvalue weighted by molar-refractivity contribution is 5.72. The zero-order chi connectivity index (χ0) is 10.1. The van der Waals surface area contributed by atoms with E-state index >= 15 is 0 Å². The summed E-state index contributed by atoms with van der Waals surface area (Å²) in [5.41, 5.74) is 0. The fraction of sp³-hybridized carbons (Fsp3) is 0.900. The van der Waals surface area contributed by atoms with Crippen molar-refractivity contribution in [2.45, 2.75) is 39.5 Å². The fourth-order valence-electron chi connectivity index (χ4n) is 1.18. The number of hydrogen-bond acceptors (Lipinski definition) is 3. The molecule has 0 radical (unpaired) electrons.